The van der Waals surface area contributed by atoms with Gasteiger partial charge in [-0.05, 0) is 37.3 Å². The number of anilines is 1. The molecule has 38 heavy (non-hydrogen) atoms. The number of nitriles is 1. The van der Waals surface area contributed by atoms with Gasteiger partial charge < -0.3 is 15.3 Å². The van der Waals surface area contributed by atoms with E-state index in [-0.39, 0.29) is 11.5 Å². The number of alkyl halides is 3. The number of carboxylic acid groups (broad SMARTS) is 1. The van der Waals surface area contributed by atoms with Crippen LogP contribution in [-0.2, 0) is 11.8 Å². The molecule has 3 heterocycles. The molecule has 14 heteroatoms. The van der Waals surface area contributed by atoms with Crippen molar-refractivity contribution in [3.05, 3.63) is 58.4 Å². The van der Waals surface area contributed by atoms with Crippen molar-refractivity contribution in [1.82, 2.24) is 24.4 Å². The first-order valence-electron chi connectivity index (χ1n) is 11.3. The van der Waals surface area contributed by atoms with Crippen LogP contribution in [0.5, 0.6) is 0 Å². The number of aryl methyl sites for hydroxylation is 1. The second kappa shape index (κ2) is 10.1. The smallest absolute Gasteiger partial charge is 0.475 e. The summed E-state index contributed by atoms with van der Waals surface area (Å²) < 4.78 is 48.2. The van der Waals surface area contributed by atoms with Crippen LogP contribution < -0.4 is 15.9 Å². The third-order valence-corrected chi connectivity index (χ3v) is 5.96. The lowest BCUT2D eigenvalue weighted by atomic mass is 10.1. The summed E-state index contributed by atoms with van der Waals surface area (Å²) >= 11 is 0. The maximum Gasteiger partial charge on any atom is 0.490 e. The van der Waals surface area contributed by atoms with Crippen molar-refractivity contribution in [2.75, 3.05) is 24.5 Å². The Hall–Kier alpha value is -4.51. The first kappa shape index (κ1) is 26.6. The van der Waals surface area contributed by atoms with E-state index >= 15 is 0 Å². The Morgan fingerprint density at radius 3 is 2.58 bits per heavy atom. The van der Waals surface area contributed by atoms with Gasteiger partial charge in [0.1, 0.15) is 17.4 Å². The molecule has 0 aliphatic carbocycles. The Morgan fingerprint density at radius 1 is 1.24 bits per heavy atom. The zero-order valence-electron chi connectivity index (χ0n) is 20.1. The summed E-state index contributed by atoms with van der Waals surface area (Å²) in [6.45, 7) is 4.67. The van der Waals surface area contributed by atoms with Gasteiger partial charge in [0.05, 0.1) is 28.3 Å². The summed E-state index contributed by atoms with van der Waals surface area (Å²) in [4.78, 5) is 33.1. The normalized spacial score (nSPS) is 15.7. The fraction of sp³-hybridized carbons (Fsp3) is 0.292. The van der Waals surface area contributed by atoms with Crippen molar-refractivity contribution < 1.29 is 27.5 Å². The van der Waals surface area contributed by atoms with Gasteiger partial charge in [-0.2, -0.15) is 18.4 Å². The standard InChI is InChI=1S/C22H20FN7O.C2HF3O2/c1-13-12-29(6-5-25-13)16-7-14(10-24)21-17(9-16)26-11-20(27-21)30-18-4-3-15(23)8-19(18)28(2)22(30)31;3-2(4,5)1(6)7/h3-4,7-9,11,13,25H,5-6,12H2,1-2H3;(H,6,7)/t13-;/m0./s1. The monoisotopic (exact) mass is 531 g/mol. The number of aliphatic carboxylic acids is 1. The molecule has 1 aliphatic heterocycles. The number of nitrogens with one attached hydrogen (secondary N) is 1. The Bertz CT molecular complexity index is 1640. The van der Waals surface area contributed by atoms with E-state index in [0.29, 0.717) is 33.7 Å². The molecule has 0 spiro atoms. The van der Waals surface area contributed by atoms with E-state index in [4.69, 9.17) is 9.90 Å². The minimum atomic E-state index is -5.08. The van der Waals surface area contributed by atoms with Crippen LogP contribution in [-0.4, -0.2) is 62.0 Å². The summed E-state index contributed by atoms with van der Waals surface area (Å²) in [5, 5.41) is 20.3. The second-order valence-corrected chi connectivity index (χ2v) is 8.62. The highest BCUT2D eigenvalue weighted by atomic mass is 19.4. The molecule has 0 radical (unpaired) electrons. The van der Waals surface area contributed by atoms with Crippen molar-refractivity contribution in [3.8, 4) is 11.9 Å². The Balaban J connectivity index is 0.000000426. The zero-order valence-corrected chi connectivity index (χ0v) is 20.1. The highest BCUT2D eigenvalue weighted by Gasteiger charge is 2.38. The highest BCUT2D eigenvalue weighted by molar-refractivity contribution is 5.86. The van der Waals surface area contributed by atoms with E-state index in [2.05, 4.69) is 33.2 Å². The molecular formula is C24H21F4N7O3. The number of carbonyl (C=O) groups is 1. The van der Waals surface area contributed by atoms with Crippen molar-refractivity contribution in [2.45, 2.75) is 19.1 Å². The number of halogens is 4. The van der Waals surface area contributed by atoms with Gasteiger partial charge in [-0.1, -0.05) is 0 Å². The number of hydrogen-bond donors (Lipinski definition) is 2. The number of piperazine rings is 1. The van der Waals surface area contributed by atoms with Gasteiger partial charge in [0, 0.05) is 38.4 Å². The van der Waals surface area contributed by atoms with Crippen LogP contribution in [0.25, 0.3) is 27.9 Å². The Morgan fingerprint density at radius 2 is 1.95 bits per heavy atom. The number of fused-ring (bicyclic) bond motifs is 2. The largest absolute Gasteiger partial charge is 0.490 e. The number of carboxylic acids is 1. The lowest BCUT2D eigenvalue weighted by molar-refractivity contribution is -0.192. The van der Waals surface area contributed by atoms with Gasteiger partial charge in [-0.25, -0.2) is 23.5 Å². The third-order valence-electron chi connectivity index (χ3n) is 5.96. The van der Waals surface area contributed by atoms with Crippen LogP contribution >= 0.6 is 0 Å². The molecule has 1 fully saturated rings. The molecule has 0 unspecified atom stereocenters. The fourth-order valence-corrected chi connectivity index (χ4v) is 4.17. The van der Waals surface area contributed by atoms with E-state index in [1.807, 2.05) is 12.1 Å². The average molecular weight is 531 g/mol. The van der Waals surface area contributed by atoms with Crippen molar-refractivity contribution in [2.24, 2.45) is 7.05 Å². The zero-order chi connectivity index (χ0) is 27.8. The van der Waals surface area contributed by atoms with Crippen LogP contribution in [0, 0.1) is 17.1 Å². The molecule has 5 rings (SSSR count). The molecule has 1 aliphatic rings. The van der Waals surface area contributed by atoms with Gasteiger partial charge in [-0.15, -0.1) is 0 Å². The van der Waals surface area contributed by atoms with Crippen molar-refractivity contribution in [1.29, 1.82) is 5.26 Å². The molecular weight excluding hydrogens is 510 g/mol. The number of benzene rings is 2. The van der Waals surface area contributed by atoms with Crippen LogP contribution in [0.2, 0.25) is 0 Å². The molecule has 2 aromatic carbocycles. The predicted molar refractivity (Wildman–Crippen MR) is 130 cm³/mol. The van der Waals surface area contributed by atoms with Crippen molar-refractivity contribution >= 4 is 33.7 Å². The molecule has 0 saturated carbocycles. The van der Waals surface area contributed by atoms with E-state index < -0.39 is 18.0 Å². The average Bonchev–Trinajstić information content (AvgIpc) is 3.12. The highest BCUT2D eigenvalue weighted by Crippen LogP contribution is 2.26. The summed E-state index contributed by atoms with van der Waals surface area (Å²) in [6.07, 6.45) is -3.57. The molecule has 198 valence electrons. The minimum absolute atomic E-state index is 0.287. The fourth-order valence-electron chi connectivity index (χ4n) is 4.17. The van der Waals surface area contributed by atoms with E-state index in [1.165, 1.54) is 33.5 Å². The van der Waals surface area contributed by atoms with E-state index in [0.717, 1.165) is 25.3 Å². The SMILES string of the molecule is C[C@H]1CN(c2cc(C#N)c3nc(-n4c(=O)n(C)c5cc(F)ccc54)cnc3c2)CCN1.O=C(O)C(F)(F)F. The van der Waals surface area contributed by atoms with Gasteiger partial charge in [0.15, 0.2) is 5.82 Å². The molecule has 2 aromatic heterocycles. The quantitative estimate of drug-likeness (QED) is 0.378. The molecule has 1 saturated heterocycles. The second-order valence-electron chi connectivity index (χ2n) is 8.62. The minimum Gasteiger partial charge on any atom is -0.475 e. The van der Waals surface area contributed by atoms with Gasteiger partial charge in [-0.3, -0.25) is 9.55 Å². The Labute approximate surface area is 212 Å². The maximum atomic E-state index is 13.7. The molecule has 0 bridgehead atoms. The number of nitrogens with zero attached hydrogens (tertiary/aromatic N) is 6. The molecule has 0 amide bonds. The molecule has 1 atom stereocenters. The molecule has 4 aromatic rings. The van der Waals surface area contributed by atoms with Crippen LogP contribution in [0.3, 0.4) is 0 Å². The van der Waals surface area contributed by atoms with Crippen LogP contribution in [0.15, 0.2) is 41.3 Å². The number of hydrogen-bond acceptors (Lipinski definition) is 7. The van der Waals surface area contributed by atoms with Gasteiger partial charge >= 0.3 is 17.8 Å². The lowest BCUT2D eigenvalue weighted by Gasteiger charge is -2.33. The lowest BCUT2D eigenvalue weighted by Crippen LogP contribution is -2.49. The van der Waals surface area contributed by atoms with Gasteiger partial charge in [0.2, 0.25) is 0 Å². The van der Waals surface area contributed by atoms with E-state index in [1.54, 1.807) is 7.05 Å². The van der Waals surface area contributed by atoms with Crippen LogP contribution in [0.4, 0.5) is 23.2 Å². The van der Waals surface area contributed by atoms with E-state index in [9.17, 15) is 27.6 Å². The van der Waals surface area contributed by atoms with Gasteiger partial charge in [0.25, 0.3) is 0 Å². The first-order valence-corrected chi connectivity index (χ1v) is 11.3. The summed E-state index contributed by atoms with van der Waals surface area (Å²) in [6, 6.07) is 10.5. The number of aromatic nitrogens is 4. The van der Waals surface area contributed by atoms with Crippen LogP contribution in [0.1, 0.15) is 12.5 Å². The number of imidazole rings is 1. The summed E-state index contributed by atoms with van der Waals surface area (Å²) in [5.41, 5.74) is 2.95. The van der Waals surface area contributed by atoms with Crippen molar-refractivity contribution in [3.63, 3.8) is 0 Å². The maximum absolute atomic E-state index is 13.7. The molecule has 10 nitrogen and oxygen atoms in total. The summed E-state index contributed by atoms with van der Waals surface area (Å²) in [5.74, 6) is -2.89. The topological polar surface area (TPSA) is 129 Å². The Kier molecular flexibility index (Phi) is 7.05. The predicted octanol–water partition coefficient (Wildman–Crippen LogP) is 2.71. The number of rotatable bonds is 2. The third kappa shape index (κ3) is 5.14. The first-order chi connectivity index (χ1) is 17.9. The summed E-state index contributed by atoms with van der Waals surface area (Å²) in [7, 11) is 1.58. The molecule has 2 N–H and O–H groups in total.